The van der Waals surface area contributed by atoms with Crippen molar-refractivity contribution in [3.05, 3.63) is 51.4 Å². The summed E-state index contributed by atoms with van der Waals surface area (Å²) in [5, 5.41) is 13.0. The smallest absolute Gasteiger partial charge is 0.324 e. The number of aromatic nitrogens is 6. The fourth-order valence-corrected chi connectivity index (χ4v) is 3.01. The van der Waals surface area contributed by atoms with Gasteiger partial charge >= 0.3 is 5.69 Å². The summed E-state index contributed by atoms with van der Waals surface area (Å²) < 4.78 is 3.51. The van der Waals surface area contributed by atoms with Gasteiger partial charge in [-0.2, -0.15) is 0 Å². The van der Waals surface area contributed by atoms with Crippen LogP contribution in [0.3, 0.4) is 0 Å². The second kappa shape index (κ2) is 6.74. The van der Waals surface area contributed by atoms with E-state index in [2.05, 4.69) is 25.6 Å². The Hall–Kier alpha value is -4.22. The summed E-state index contributed by atoms with van der Waals surface area (Å²) in [6, 6.07) is 7.35. The maximum absolute atomic E-state index is 12.4. The van der Waals surface area contributed by atoms with Crippen molar-refractivity contribution in [3.8, 4) is 0 Å². The van der Waals surface area contributed by atoms with Crippen LogP contribution < -0.4 is 21.9 Å². The van der Waals surface area contributed by atoms with Crippen molar-refractivity contribution in [2.45, 2.75) is 6.54 Å². The molecular weight excluding hydrogens is 378 g/mol. The van der Waals surface area contributed by atoms with E-state index in [4.69, 9.17) is 5.41 Å². The average Bonchev–Trinajstić information content (AvgIpc) is 3.27. The average molecular weight is 395 g/mol. The number of carbonyl (C=O) groups is 1. The molecule has 0 spiro atoms. The normalized spacial score (nSPS) is 11.1. The molecule has 29 heavy (non-hydrogen) atoms. The number of anilines is 1. The number of guanidine groups is 1. The Morgan fingerprint density at radius 3 is 2.72 bits per heavy atom. The molecule has 1 amide bonds. The minimum Gasteiger partial charge on any atom is -0.324 e. The molecule has 12 heteroatoms. The van der Waals surface area contributed by atoms with E-state index in [1.807, 2.05) is 24.3 Å². The number of imidazole rings is 2. The second-order valence-electron chi connectivity index (χ2n) is 6.40. The van der Waals surface area contributed by atoms with E-state index in [1.165, 1.54) is 29.6 Å². The van der Waals surface area contributed by atoms with Gasteiger partial charge in [-0.25, -0.2) is 14.8 Å². The van der Waals surface area contributed by atoms with Crippen LogP contribution >= 0.6 is 0 Å². The Bertz CT molecular complexity index is 1360. The Morgan fingerprint density at radius 2 is 1.97 bits per heavy atom. The number of nitrogens with one attached hydrogen (secondary N) is 4. The highest BCUT2D eigenvalue weighted by molar-refractivity contribution is 6.02. The number of hydrogen-bond acceptors (Lipinski definition) is 6. The number of nitrogens with zero attached hydrogens (tertiary/aromatic N) is 5. The van der Waals surface area contributed by atoms with E-state index in [0.717, 1.165) is 15.6 Å². The van der Waals surface area contributed by atoms with Crippen molar-refractivity contribution in [2.75, 3.05) is 5.32 Å². The number of benzene rings is 1. The molecule has 4 N–H and O–H groups in total. The first kappa shape index (κ1) is 18.2. The summed E-state index contributed by atoms with van der Waals surface area (Å²) in [5.74, 6) is -0.513. The second-order valence-corrected chi connectivity index (χ2v) is 6.40. The lowest BCUT2D eigenvalue weighted by atomic mass is 10.3. The molecule has 148 valence electrons. The van der Waals surface area contributed by atoms with Crippen LogP contribution in [0.1, 0.15) is 0 Å². The van der Waals surface area contributed by atoms with Crippen LogP contribution in [0.5, 0.6) is 0 Å². The van der Waals surface area contributed by atoms with E-state index >= 15 is 0 Å². The van der Waals surface area contributed by atoms with E-state index in [0.29, 0.717) is 5.95 Å². The van der Waals surface area contributed by atoms with Gasteiger partial charge in [0.25, 0.3) is 5.56 Å². The fourth-order valence-electron chi connectivity index (χ4n) is 3.01. The van der Waals surface area contributed by atoms with Crippen LogP contribution in [0, 0.1) is 5.41 Å². The topological polar surface area (TPSA) is 155 Å². The molecule has 3 aromatic heterocycles. The SMILES string of the molecule is Cn1c(=O)c2c(ncn2CC(=O)NC(=N)Nc2nc3ccccc3[nH]2)n(C)c1=O. The van der Waals surface area contributed by atoms with Gasteiger partial charge in [0, 0.05) is 14.1 Å². The third-order valence-electron chi connectivity index (χ3n) is 4.43. The number of hydrogen-bond donors (Lipinski definition) is 4. The first-order valence-electron chi connectivity index (χ1n) is 8.56. The number of para-hydroxylation sites is 2. The van der Waals surface area contributed by atoms with Crippen LogP contribution in [0.25, 0.3) is 22.2 Å². The largest absolute Gasteiger partial charge is 0.332 e. The summed E-state index contributed by atoms with van der Waals surface area (Å²) in [5.41, 5.74) is 0.765. The van der Waals surface area contributed by atoms with Crippen LogP contribution in [0.4, 0.5) is 5.95 Å². The standard InChI is InChI=1S/C17H17N9O3/c1-24-13-12(14(28)25(2)17(24)29)26(8-19-13)7-11(27)22-15(18)23-16-20-9-5-3-4-6-10(9)21-16/h3-6,8H,7H2,1-2H3,(H4,18,20,21,22,23,27). The number of aromatic amines is 1. The summed E-state index contributed by atoms with van der Waals surface area (Å²) >= 11 is 0. The van der Waals surface area contributed by atoms with Gasteiger partial charge in [-0.05, 0) is 12.1 Å². The lowest BCUT2D eigenvalue weighted by Crippen LogP contribution is -2.39. The molecule has 0 unspecified atom stereocenters. The van der Waals surface area contributed by atoms with Gasteiger partial charge in [-0.1, -0.05) is 12.1 Å². The summed E-state index contributed by atoms with van der Waals surface area (Å²) in [6.45, 7) is -0.256. The van der Waals surface area contributed by atoms with Crippen molar-refractivity contribution in [1.29, 1.82) is 5.41 Å². The van der Waals surface area contributed by atoms with E-state index in [9.17, 15) is 14.4 Å². The van der Waals surface area contributed by atoms with Gasteiger partial charge in [0.1, 0.15) is 6.54 Å². The highest BCUT2D eigenvalue weighted by Gasteiger charge is 2.16. The Morgan fingerprint density at radius 1 is 1.21 bits per heavy atom. The molecule has 0 atom stereocenters. The minimum absolute atomic E-state index is 0.126. The van der Waals surface area contributed by atoms with E-state index < -0.39 is 17.2 Å². The van der Waals surface area contributed by atoms with Crippen LogP contribution in [-0.4, -0.2) is 40.5 Å². The molecule has 0 aliphatic carbocycles. The highest BCUT2D eigenvalue weighted by atomic mass is 16.2. The number of rotatable bonds is 3. The third kappa shape index (κ3) is 3.16. The highest BCUT2D eigenvalue weighted by Crippen LogP contribution is 2.12. The molecule has 3 heterocycles. The fraction of sp³-hybridized carbons (Fsp3) is 0.176. The first-order chi connectivity index (χ1) is 13.8. The number of H-pyrrole nitrogens is 1. The van der Waals surface area contributed by atoms with Crippen molar-refractivity contribution < 1.29 is 4.79 Å². The Labute approximate surface area is 162 Å². The van der Waals surface area contributed by atoms with Gasteiger partial charge < -0.3 is 9.55 Å². The zero-order valence-corrected chi connectivity index (χ0v) is 15.6. The van der Waals surface area contributed by atoms with Crippen LogP contribution in [0.15, 0.2) is 40.2 Å². The zero-order valence-electron chi connectivity index (χ0n) is 15.6. The Kier molecular flexibility index (Phi) is 4.22. The zero-order chi connectivity index (χ0) is 20.7. The molecule has 12 nitrogen and oxygen atoms in total. The molecule has 0 radical (unpaired) electrons. The molecular formula is C17H17N9O3. The predicted octanol–water partition coefficient (Wildman–Crippen LogP) is -0.527. The molecule has 1 aromatic carbocycles. The molecule has 0 saturated heterocycles. The molecule has 0 saturated carbocycles. The van der Waals surface area contributed by atoms with E-state index in [-0.39, 0.29) is 23.7 Å². The molecule has 0 aliphatic rings. The number of aryl methyl sites for hydroxylation is 1. The summed E-state index contributed by atoms with van der Waals surface area (Å²) in [4.78, 5) is 48.0. The Balaban J connectivity index is 1.50. The van der Waals surface area contributed by atoms with Gasteiger partial charge in [0.15, 0.2) is 11.2 Å². The van der Waals surface area contributed by atoms with Gasteiger partial charge in [-0.3, -0.25) is 34.8 Å². The monoisotopic (exact) mass is 395 g/mol. The lowest BCUT2D eigenvalue weighted by molar-refractivity contribution is -0.120. The number of amides is 1. The third-order valence-corrected chi connectivity index (χ3v) is 4.43. The minimum atomic E-state index is -0.552. The maximum Gasteiger partial charge on any atom is 0.332 e. The maximum atomic E-state index is 12.4. The van der Waals surface area contributed by atoms with Crippen molar-refractivity contribution in [2.24, 2.45) is 14.1 Å². The van der Waals surface area contributed by atoms with Crippen LogP contribution in [-0.2, 0) is 25.4 Å². The predicted molar refractivity (Wildman–Crippen MR) is 106 cm³/mol. The molecule has 0 fully saturated rings. The first-order valence-corrected chi connectivity index (χ1v) is 8.56. The summed E-state index contributed by atoms with van der Waals surface area (Å²) in [6.07, 6.45) is 1.31. The van der Waals surface area contributed by atoms with Gasteiger partial charge in [-0.15, -0.1) is 0 Å². The quantitative estimate of drug-likeness (QED) is 0.270. The van der Waals surface area contributed by atoms with Crippen molar-refractivity contribution in [3.63, 3.8) is 0 Å². The van der Waals surface area contributed by atoms with Crippen molar-refractivity contribution >= 4 is 40.0 Å². The lowest BCUT2D eigenvalue weighted by Gasteiger charge is -2.09. The van der Waals surface area contributed by atoms with Gasteiger partial charge in [0.2, 0.25) is 17.8 Å². The number of fused-ring (bicyclic) bond motifs is 2. The van der Waals surface area contributed by atoms with Crippen LogP contribution in [0.2, 0.25) is 0 Å². The molecule has 4 aromatic rings. The van der Waals surface area contributed by atoms with E-state index in [1.54, 1.807) is 0 Å². The summed E-state index contributed by atoms with van der Waals surface area (Å²) in [7, 11) is 2.85. The molecule has 0 aliphatic heterocycles. The van der Waals surface area contributed by atoms with Gasteiger partial charge in [0.05, 0.1) is 17.4 Å². The number of carbonyl (C=O) groups excluding carboxylic acids is 1. The molecule has 4 rings (SSSR count). The van der Waals surface area contributed by atoms with Crippen molar-refractivity contribution in [1.82, 2.24) is 34.0 Å². The molecule has 0 bridgehead atoms.